The highest BCUT2D eigenvalue weighted by molar-refractivity contribution is 6.05. The van der Waals surface area contributed by atoms with Gasteiger partial charge in [0.1, 0.15) is 5.84 Å². The van der Waals surface area contributed by atoms with E-state index in [2.05, 4.69) is 67.7 Å². The first-order valence-electron chi connectivity index (χ1n) is 9.42. The van der Waals surface area contributed by atoms with Crippen LogP contribution in [0.25, 0.3) is 0 Å². The smallest absolute Gasteiger partial charge is 0.138 e. The van der Waals surface area contributed by atoms with Gasteiger partial charge in [-0.05, 0) is 32.9 Å². The molecular weight excluding hydrogens is 320 g/mol. The maximum Gasteiger partial charge on any atom is 0.138 e. The molecule has 0 saturated carbocycles. The quantitative estimate of drug-likeness (QED) is 0.688. The number of nitrogens with zero attached hydrogens (tertiary/aromatic N) is 2. The Kier molecular flexibility index (Phi) is 9.45. The summed E-state index contributed by atoms with van der Waals surface area (Å²) in [5.74, 6) is 1.08. The molecule has 3 rings (SSSR count). The Labute approximate surface area is 159 Å². The van der Waals surface area contributed by atoms with Gasteiger partial charge in [-0.15, -0.1) is 13.2 Å². The summed E-state index contributed by atoms with van der Waals surface area (Å²) in [4.78, 5) is 7.38. The van der Waals surface area contributed by atoms with Crippen LogP contribution in [0.2, 0.25) is 0 Å². The predicted octanol–water partition coefficient (Wildman–Crippen LogP) is 5.12. The van der Waals surface area contributed by atoms with Gasteiger partial charge in [0.25, 0.3) is 0 Å². The molecule has 1 aromatic carbocycles. The third kappa shape index (κ3) is 5.60. The third-order valence-corrected chi connectivity index (χ3v) is 3.95. The van der Waals surface area contributed by atoms with E-state index < -0.39 is 0 Å². The summed E-state index contributed by atoms with van der Waals surface area (Å²) in [7, 11) is 0. The minimum atomic E-state index is 0.994. The number of nitrogens with one attached hydrogen (secondary N) is 2. The van der Waals surface area contributed by atoms with Crippen LogP contribution < -0.4 is 10.6 Å². The molecule has 2 N–H and O–H groups in total. The van der Waals surface area contributed by atoms with Crippen molar-refractivity contribution < 1.29 is 0 Å². The van der Waals surface area contributed by atoms with Crippen molar-refractivity contribution in [3.8, 4) is 0 Å². The fraction of sp³-hybridized carbons (Fsp3) is 0.409. The van der Waals surface area contributed by atoms with Crippen LogP contribution in [-0.4, -0.2) is 36.9 Å². The molecule has 4 nitrogen and oxygen atoms in total. The van der Waals surface area contributed by atoms with Crippen LogP contribution in [0.5, 0.6) is 0 Å². The number of anilines is 1. The van der Waals surface area contributed by atoms with E-state index in [9.17, 15) is 0 Å². The fourth-order valence-corrected chi connectivity index (χ4v) is 2.87. The molecule has 1 aromatic rings. The van der Waals surface area contributed by atoms with E-state index in [0.29, 0.717) is 0 Å². The second kappa shape index (κ2) is 11.3. The molecule has 4 heteroatoms. The molecule has 0 radical (unpaired) electrons. The lowest BCUT2D eigenvalue weighted by molar-refractivity contribution is 0.358. The van der Waals surface area contributed by atoms with Crippen molar-refractivity contribution in [3.05, 3.63) is 60.3 Å². The van der Waals surface area contributed by atoms with Crippen LogP contribution >= 0.6 is 0 Å². The number of benzene rings is 1. The molecule has 1 saturated heterocycles. The van der Waals surface area contributed by atoms with Gasteiger partial charge in [-0.25, -0.2) is 4.99 Å². The Morgan fingerprint density at radius 3 is 2.35 bits per heavy atom. The number of fused-ring (bicyclic) bond motifs is 1. The summed E-state index contributed by atoms with van der Waals surface area (Å²) >= 11 is 0. The first kappa shape index (κ1) is 21.7. The molecule has 2 aliphatic rings. The van der Waals surface area contributed by atoms with E-state index in [1.165, 1.54) is 11.1 Å². The van der Waals surface area contributed by atoms with Crippen molar-refractivity contribution in [2.75, 3.05) is 31.5 Å². The molecule has 0 aromatic heterocycles. The molecule has 0 amide bonds. The lowest BCUT2D eigenvalue weighted by atomic mass is 10.1. The number of piperazine rings is 1. The van der Waals surface area contributed by atoms with Crippen LogP contribution in [0.15, 0.2) is 65.3 Å². The van der Waals surface area contributed by atoms with Gasteiger partial charge in [-0.2, -0.15) is 0 Å². The minimum Gasteiger partial charge on any atom is -0.357 e. The zero-order valence-corrected chi connectivity index (χ0v) is 17.0. The van der Waals surface area contributed by atoms with Gasteiger partial charge in [0.2, 0.25) is 0 Å². The maximum absolute atomic E-state index is 5.00. The Bertz CT molecular complexity index is 660. The second-order valence-electron chi connectivity index (χ2n) is 6.07. The molecular formula is C22H34N4. The number of allylic oxidation sites excluding steroid dienone is 2. The normalized spacial score (nSPS) is 15.7. The van der Waals surface area contributed by atoms with Crippen molar-refractivity contribution >= 4 is 17.2 Å². The van der Waals surface area contributed by atoms with Crippen LogP contribution in [-0.2, 0) is 0 Å². The number of para-hydroxylation sites is 2. The monoisotopic (exact) mass is 354 g/mol. The molecule has 2 heterocycles. The van der Waals surface area contributed by atoms with Crippen molar-refractivity contribution in [2.24, 2.45) is 4.99 Å². The Morgan fingerprint density at radius 1 is 1.12 bits per heavy atom. The van der Waals surface area contributed by atoms with Crippen molar-refractivity contribution in [1.82, 2.24) is 10.2 Å². The van der Waals surface area contributed by atoms with Gasteiger partial charge in [-0.1, -0.05) is 37.6 Å². The number of rotatable bonds is 1. The average molecular weight is 355 g/mol. The Balaban J connectivity index is 0.000000791. The van der Waals surface area contributed by atoms with E-state index >= 15 is 0 Å². The van der Waals surface area contributed by atoms with Gasteiger partial charge >= 0.3 is 0 Å². The summed E-state index contributed by atoms with van der Waals surface area (Å²) in [6, 6.07) is 8.25. The van der Waals surface area contributed by atoms with Crippen molar-refractivity contribution in [1.29, 1.82) is 0 Å². The predicted molar refractivity (Wildman–Crippen MR) is 116 cm³/mol. The van der Waals surface area contributed by atoms with Crippen molar-refractivity contribution in [2.45, 2.75) is 34.6 Å². The summed E-state index contributed by atoms with van der Waals surface area (Å²) in [6.45, 7) is 20.4. The SMILES string of the molecule is C=C.CC.CC(C)=CC1=C(C)Nc2ccccc2N=C1N1CCNCC1. The first-order chi connectivity index (χ1) is 12.6. The van der Waals surface area contributed by atoms with E-state index in [1.54, 1.807) is 0 Å². The second-order valence-corrected chi connectivity index (χ2v) is 6.07. The summed E-state index contributed by atoms with van der Waals surface area (Å²) in [5, 5.41) is 6.94. The maximum atomic E-state index is 5.00. The lowest BCUT2D eigenvalue weighted by Crippen LogP contribution is -2.47. The van der Waals surface area contributed by atoms with Gasteiger partial charge < -0.3 is 15.5 Å². The third-order valence-electron chi connectivity index (χ3n) is 3.95. The summed E-state index contributed by atoms with van der Waals surface area (Å²) < 4.78 is 0. The Hall–Kier alpha value is -2.33. The van der Waals surface area contributed by atoms with E-state index in [0.717, 1.165) is 49.1 Å². The number of amidine groups is 1. The van der Waals surface area contributed by atoms with Crippen LogP contribution in [0.1, 0.15) is 34.6 Å². The average Bonchev–Trinajstić information content (AvgIpc) is 2.82. The standard InChI is InChI=1S/C18H24N4.C2H6.C2H4/c1-13(2)12-15-14(3)20-16-6-4-5-7-17(16)21-18(15)22-10-8-19-9-11-22;2*1-2/h4-7,12,19-20H,8-11H2,1-3H3;1-2H3;1-2H2. The molecule has 0 unspecified atom stereocenters. The molecule has 0 aliphatic carbocycles. The minimum absolute atomic E-state index is 0.994. The lowest BCUT2D eigenvalue weighted by Gasteiger charge is -2.31. The summed E-state index contributed by atoms with van der Waals surface area (Å²) in [5.41, 5.74) is 5.71. The first-order valence-corrected chi connectivity index (χ1v) is 9.42. The number of aliphatic imine (C=N–C) groups is 1. The molecule has 0 spiro atoms. The van der Waals surface area contributed by atoms with E-state index in [4.69, 9.17) is 4.99 Å². The largest absolute Gasteiger partial charge is 0.357 e. The highest BCUT2D eigenvalue weighted by Crippen LogP contribution is 2.31. The van der Waals surface area contributed by atoms with Gasteiger partial charge in [0, 0.05) is 37.4 Å². The number of hydrogen-bond donors (Lipinski definition) is 2. The number of hydrogen-bond acceptors (Lipinski definition) is 4. The van der Waals surface area contributed by atoms with Gasteiger partial charge in [0.15, 0.2) is 0 Å². The van der Waals surface area contributed by atoms with Crippen LogP contribution in [0, 0.1) is 0 Å². The topological polar surface area (TPSA) is 39.7 Å². The molecule has 0 bridgehead atoms. The van der Waals surface area contributed by atoms with Crippen LogP contribution in [0.3, 0.4) is 0 Å². The molecule has 142 valence electrons. The highest BCUT2D eigenvalue weighted by Gasteiger charge is 2.22. The van der Waals surface area contributed by atoms with Crippen molar-refractivity contribution in [3.63, 3.8) is 0 Å². The Morgan fingerprint density at radius 2 is 1.73 bits per heavy atom. The zero-order chi connectivity index (χ0) is 19.5. The fourth-order valence-electron chi connectivity index (χ4n) is 2.87. The molecule has 0 atom stereocenters. The molecule has 2 aliphatic heterocycles. The zero-order valence-electron chi connectivity index (χ0n) is 17.0. The molecule has 26 heavy (non-hydrogen) atoms. The van der Waals surface area contributed by atoms with E-state index in [-0.39, 0.29) is 0 Å². The van der Waals surface area contributed by atoms with Crippen LogP contribution in [0.4, 0.5) is 11.4 Å². The van der Waals surface area contributed by atoms with Gasteiger partial charge in [-0.3, -0.25) is 0 Å². The highest BCUT2D eigenvalue weighted by atomic mass is 15.2. The van der Waals surface area contributed by atoms with Gasteiger partial charge in [0.05, 0.1) is 11.4 Å². The molecule has 1 fully saturated rings. The van der Waals surface area contributed by atoms with E-state index in [1.807, 2.05) is 26.0 Å². The summed E-state index contributed by atoms with van der Waals surface area (Å²) in [6.07, 6.45) is 2.23.